The van der Waals surface area contributed by atoms with Crippen molar-refractivity contribution in [3.8, 4) is 5.75 Å². The monoisotopic (exact) mass is 332 g/mol. The summed E-state index contributed by atoms with van der Waals surface area (Å²) in [6, 6.07) is 7.12. The first-order valence-corrected chi connectivity index (χ1v) is 7.26. The molecule has 1 aromatic carbocycles. The van der Waals surface area contributed by atoms with Crippen LogP contribution in [0, 0.1) is 0 Å². The van der Waals surface area contributed by atoms with Gasteiger partial charge in [0, 0.05) is 20.6 Å². The van der Waals surface area contributed by atoms with Gasteiger partial charge in [-0.25, -0.2) is 4.79 Å². The van der Waals surface area contributed by atoms with Crippen molar-refractivity contribution in [2.24, 2.45) is 0 Å². The number of amides is 3. The van der Waals surface area contributed by atoms with E-state index in [4.69, 9.17) is 4.74 Å². The molecule has 0 radical (unpaired) electrons. The molecule has 0 aliphatic heterocycles. The van der Waals surface area contributed by atoms with Gasteiger partial charge >= 0.3 is 6.03 Å². The summed E-state index contributed by atoms with van der Waals surface area (Å²) in [6.45, 7) is 0.337. The van der Waals surface area contributed by atoms with E-state index >= 15 is 0 Å². The number of rotatable bonds is 6. The topological polar surface area (TPSA) is 101 Å². The quantitative estimate of drug-likeness (QED) is 0.811. The number of nitrogens with zero attached hydrogens (tertiary/aromatic N) is 4. The highest BCUT2D eigenvalue weighted by Gasteiger charge is 2.09. The van der Waals surface area contributed by atoms with Gasteiger partial charge in [0.1, 0.15) is 12.3 Å². The van der Waals surface area contributed by atoms with Gasteiger partial charge in [-0.2, -0.15) is 9.90 Å². The lowest BCUT2D eigenvalue weighted by Crippen LogP contribution is -2.29. The van der Waals surface area contributed by atoms with E-state index in [1.807, 2.05) is 24.3 Å². The van der Waals surface area contributed by atoms with Gasteiger partial charge in [-0.1, -0.05) is 12.1 Å². The first-order valence-electron chi connectivity index (χ1n) is 7.26. The molecule has 0 bridgehead atoms. The molecular formula is C15H20N6O3. The molecule has 2 N–H and O–H groups in total. The van der Waals surface area contributed by atoms with E-state index in [-0.39, 0.29) is 24.3 Å². The number of carbonyl (C=O) groups excluding carboxylic acids is 2. The predicted octanol–water partition coefficient (Wildman–Crippen LogP) is 0.697. The van der Waals surface area contributed by atoms with E-state index < -0.39 is 0 Å². The molecular weight excluding hydrogens is 312 g/mol. The summed E-state index contributed by atoms with van der Waals surface area (Å²) in [6.07, 6.45) is 1.39. The molecule has 0 atom stereocenters. The van der Waals surface area contributed by atoms with Gasteiger partial charge < -0.3 is 15.0 Å². The fraction of sp³-hybridized carbons (Fsp3) is 0.333. The zero-order valence-corrected chi connectivity index (χ0v) is 13.8. The highest BCUT2D eigenvalue weighted by atomic mass is 16.5. The summed E-state index contributed by atoms with van der Waals surface area (Å²) >= 11 is 0. The van der Waals surface area contributed by atoms with Gasteiger partial charge in [0.25, 0.3) is 0 Å². The van der Waals surface area contributed by atoms with Crippen molar-refractivity contribution >= 4 is 17.8 Å². The second kappa shape index (κ2) is 7.95. The summed E-state index contributed by atoms with van der Waals surface area (Å²) in [5.41, 5.74) is 0.926. The van der Waals surface area contributed by atoms with Gasteiger partial charge in [0.15, 0.2) is 5.82 Å². The molecule has 0 aliphatic carbocycles. The minimum atomic E-state index is -0.315. The second-order valence-corrected chi connectivity index (χ2v) is 5.21. The highest BCUT2D eigenvalue weighted by molar-refractivity contribution is 5.87. The highest BCUT2D eigenvalue weighted by Crippen LogP contribution is 2.12. The molecule has 0 aliphatic rings. The first kappa shape index (κ1) is 17.3. The molecule has 1 aromatic heterocycles. The van der Waals surface area contributed by atoms with Crippen LogP contribution in [0.15, 0.2) is 30.5 Å². The average Bonchev–Trinajstić information content (AvgIpc) is 3.00. The fourth-order valence-corrected chi connectivity index (χ4v) is 1.82. The molecule has 9 heteroatoms. The Bertz CT molecular complexity index is 713. The summed E-state index contributed by atoms with van der Waals surface area (Å²) in [7, 11) is 4.82. The molecule has 2 aromatic rings. The number of benzene rings is 1. The van der Waals surface area contributed by atoms with Gasteiger partial charge in [0.05, 0.1) is 13.3 Å². The van der Waals surface area contributed by atoms with Crippen LogP contribution in [0.1, 0.15) is 5.56 Å². The number of nitrogens with one attached hydrogen (secondary N) is 2. The largest absolute Gasteiger partial charge is 0.497 e. The minimum absolute atomic E-state index is 0.0399. The van der Waals surface area contributed by atoms with Crippen molar-refractivity contribution in [1.29, 1.82) is 0 Å². The lowest BCUT2D eigenvalue weighted by Gasteiger charge is -2.09. The number of aromatic nitrogens is 3. The SMILES string of the molecule is COc1cccc(CNC(=O)Cn2ncc(NC(=O)N(C)C)n2)c1. The standard InChI is InChI=1S/C15H20N6O3/c1-20(2)15(23)18-13-9-17-21(19-13)10-14(22)16-8-11-5-4-6-12(7-11)24-3/h4-7,9H,8,10H2,1-3H3,(H,16,22)(H,18,19,23). The third-order valence-electron chi connectivity index (χ3n) is 3.09. The number of urea groups is 1. The molecule has 0 saturated carbocycles. The zero-order chi connectivity index (χ0) is 17.5. The van der Waals surface area contributed by atoms with Crippen LogP contribution < -0.4 is 15.4 Å². The Kier molecular flexibility index (Phi) is 5.72. The molecule has 9 nitrogen and oxygen atoms in total. The number of methoxy groups -OCH3 is 1. The summed E-state index contributed by atoms with van der Waals surface area (Å²) < 4.78 is 5.13. The van der Waals surface area contributed by atoms with Crippen molar-refractivity contribution in [3.05, 3.63) is 36.0 Å². The Hall–Kier alpha value is -3.10. The van der Waals surface area contributed by atoms with Crippen LogP contribution in [0.25, 0.3) is 0 Å². The molecule has 0 fully saturated rings. The number of ether oxygens (including phenoxy) is 1. The maximum absolute atomic E-state index is 11.9. The molecule has 0 saturated heterocycles. The van der Waals surface area contributed by atoms with E-state index in [1.54, 1.807) is 21.2 Å². The molecule has 3 amide bonds. The van der Waals surface area contributed by atoms with Gasteiger partial charge in [-0.05, 0) is 17.7 Å². The van der Waals surface area contributed by atoms with Crippen LogP contribution >= 0.6 is 0 Å². The molecule has 24 heavy (non-hydrogen) atoms. The van der Waals surface area contributed by atoms with Gasteiger partial charge in [-0.15, -0.1) is 5.10 Å². The lowest BCUT2D eigenvalue weighted by molar-refractivity contribution is -0.122. The van der Waals surface area contributed by atoms with E-state index in [0.717, 1.165) is 11.3 Å². The van der Waals surface area contributed by atoms with E-state index in [1.165, 1.54) is 15.9 Å². The molecule has 0 spiro atoms. The molecule has 1 heterocycles. The van der Waals surface area contributed by atoms with Crippen LogP contribution in [0.4, 0.5) is 10.6 Å². The lowest BCUT2D eigenvalue weighted by atomic mass is 10.2. The predicted molar refractivity (Wildman–Crippen MR) is 87.6 cm³/mol. The first-order chi connectivity index (χ1) is 11.5. The number of anilines is 1. The Balaban J connectivity index is 1.84. The Labute approximate surface area is 139 Å². The number of carbonyl (C=O) groups is 2. The fourth-order valence-electron chi connectivity index (χ4n) is 1.82. The maximum atomic E-state index is 11.9. The average molecular weight is 332 g/mol. The summed E-state index contributed by atoms with van der Waals surface area (Å²) in [4.78, 5) is 26.0. The summed E-state index contributed by atoms with van der Waals surface area (Å²) in [5.74, 6) is 0.782. The van der Waals surface area contributed by atoms with Crippen molar-refractivity contribution in [2.75, 3.05) is 26.5 Å². The normalized spacial score (nSPS) is 10.1. The minimum Gasteiger partial charge on any atom is -0.497 e. The van der Waals surface area contributed by atoms with E-state index in [0.29, 0.717) is 6.54 Å². The van der Waals surface area contributed by atoms with Crippen LogP contribution in [-0.2, 0) is 17.9 Å². The maximum Gasteiger partial charge on any atom is 0.322 e. The Morgan fingerprint density at radius 2 is 2.12 bits per heavy atom. The molecule has 0 unspecified atom stereocenters. The molecule has 128 valence electrons. The third-order valence-corrected chi connectivity index (χ3v) is 3.09. The second-order valence-electron chi connectivity index (χ2n) is 5.21. The van der Waals surface area contributed by atoms with Crippen LogP contribution in [0.5, 0.6) is 5.75 Å². The van der Waals surface area contributed by atoms with Gasteiger partial charge in [0.2, 0.25) is 5.91 Å². The molecule has 2 rings (SSSR count). The van der Waals surface area contributed by atoms with Crippen LogP contribution in [0.2, 0.25) is 0 Å². The van der Waals surface area contributed by atoms with Crippen LogP contribution in [0.3, 0.4) is 0 Å². The Morgan fingerprint density at radius 3 is 2.83 bits per heavy atom. The van der Waals surface area contributed by atoms with Gasteiger partial charge in [-0.3, -0.25) is 10.1 Å². The van der Waals surface area contributed by atoms with Crippen molar-refractivity contribution < 1.29 is 14.3 Å². The van der Waals surface area contributed by atoms with E-state index in [9.17, 15) is 9.59 Å². The smallest absolute Gasteiger partial charge is 0.322 e. The van der Waals surface area contributed by atoms with E-state index in [2.05, 4.69) is 20.8 Å². The van der Waals surface area contributed by atoms with Crippen molar-refractivity contribution in [3.63, 3.8) is 0 Å². The number of hydrogen-bond acceptors (Lipinski definition) is 5. The Morgan fingerprint density at radius 1 is 1.33 bits per heavy atom. The zero-order valence-electron chi connectivity index (χ0n) is 13.8. The van der Waals surface area contributed by atoms with Crippen LogP contribution in [-0.4, -0.2) is 53.0 Å². The van der Waals surface area contributed by atoms with Crippen molar-refractivity contribution in [2.45, 2.75) is 13.1 Å². The number of hydrogen-bond donors (Lipinski definition) is 2. The van der Waals surface area contributed by atoms with Crippen molar-refractivity contribution in [1.82, 2.24) is 25.2 Å². The summed E-state index contributed by atoms with van der Waals surface area (Å²) in [5, 5.41) is 13.3. The third kappa shape index (κ3) is 4.97.